The van der Waals surface area contributed by atoms with Crippen molar-refractivity contribution in [1.29, 1.82) is 0 Å². The second-order valence-electron chi connectivity index (χ2n) is 5.95. The first-order chi connectivity index (χ1) is 13.1. The molecule has 0 unspecified atom stereocenters. The molecule has 0 atom stereocenters. The average Bonchev–Trinajstić information content (AvgIpc) is 2.70. The number of allylic oxidation sites excluding steroid dienone is 1. The number of hydrogen-bond acceptors (Lipinski definition) is 5. The standard InChI is InChI=1S/C21H14N2O3S/c24-19(11-9-14-5-1-3-7-18(14)23(25)26)15-10-12-21-17(13-15)22-16-6-2-4-8-20(16)27-21/h1-13,22H/b11-9+. The van der Waals surface area contributed by atoms with Crippen molar-refractivity contribution in [1.82, 2.24) is 0 Å². The van der Waals surface area contributed by atoms with Crippen LogP contribution in [0.4, 0.5) is 17.1 Å². The Morgan fingerprint density at radius 1 is 0.963 bits per heavy atom. The van der Waals surface area contributed by atoms with E-state index < -0.39 is 4.92 Å². The predicted molar refractivity (Wildman–Crippen MR) is 107 cm³/mol. The summed E-state index contributed by atoms with van der Waals surface area (Å²) in [5.74, 6) is -0.207. The maximum absolute atomic E-state index is 12.5. The van der Waals surface area contributed by atoms with Crippen LogP contribution in [0.25, 0.3) is 6.08 Å². The Labute approximate surface area is 159 Å². The summed E-state index contributed by atoms with van der Waals surface area (Å²) in [5, 5.41) is 14.4. The highest BCUT2D eigenvalue weighted by molar-refractivity contribution is 7.99. The molecule has 0 bridgehead atoms. The zero-order valence-corrected chi connectivity index (χ0v) is 14.9. The van der Waals surface area contributed by atoms with Crippen LogP contribution in [-0.2, 0) is 0 Å². The number of para-hydroxylation sites is 2. The predicted octanol–water partition coefficient (Wildman–Crippen LogP) is 5.70. The fraction of sp³-hybridized carbons (Fsp3) is 0. The lowest BCUT2D eigenvalue weighted by Gasteiger charge is -2.20. The third-order valence-corrected chi connectivity index (χ3v) is 5.34. The van der Waals surface area contributed by atoms with Crippen LogP contribution in [0.1, 0.15) is 15.9 Å². The topological polar surface area (TPSA) is 72.2 Å². The van der Waals surface area contributed by atoms with Gasteiger partial charge in [0.15, 0.2) is 5.78 Å². The van der Waals surface area contributed by atoms with Gasteiger partial charge in [0.1, 0.15) is 0 Å². The molecular weight excluding hydrogens is 360 g/mol. The van der Waals surface area contributed by atoms with E-state index in [1.165, 1.54) is 18.2 Å². The SMILES string of the molecule is O=C(/C=C/c1ccccc1[N+](=O)[O-])c1ccc2c(c1)Nc1ccccc1S2. The Hall–Kier alpha value is -3.38. The molecule has 4 rings (SSSR count). The van der Waals surface area contributed by atoms with Gasteiger partial charge in [0, 0.05) is 21.4 Å². The molecule has 132 valence electrons. The van der Waals surface area contributed by atoms with E-state index in [4.69, 9.17) is 0 Å². The lowest BCUT2D eigenvalue weighted by Crippen LogP contribution is -2.02. The van der Waals surface area contributed by atoms with Crippen LogP contribution in [-0.4, -0.2) is 10.7 Å². The van der Waals surface area contributed by atoms with Crippen LogP contribution in [0.3, 0.4) is 0 Å². The second kappa shape index (κ2) is 7.09. The van der Waals surface area contributed by atoms with Gasteiger partial charge < -0.3 is 5.32 Å². The van der Waals surface area contributed by atoms with Crippen molar-refractivity contribution < 1.29 is 9.72 Å². The van der Waals surface area contributed by atoms with Crippen molar-refractivity contribution in [2.45, 2.75) is 9.79 Å². The van der Waals surface area contributed by atoms with Gasteiger partial charge in [0.05, 0.1) is 21.9 Å². The first kappa shape index (κ1) is 17.1. The molecule has 1 aliphatic rings. The maximum Gasteiger partial charge on any atom is 0.276 e. The van der Waals surface area contributed by atoms with E-state index in [0.717, 1.165) is 21.2 Å². The highest BCUT2D eigenvalue weighted by Gasteiger charge is 2.17. The summed E-state index contributed by atoms with van der Waals surface area (Å²) >= 11 is 1.65. The zero-order valence-electron chi connectivity index (χ0n) is 14.1. The van der Waals surface area contributed by atoms with Crippen LogP contribution >= 0.6 is 11.8 Å². The number of benzene rings is 3. The molecule has 3 aromatic carbocycles. The summed E-state index contributed by atoms with van der Waals surface area (Å²) < 4.78 is 0. The normalized spacial score (nSPS) is 12.1. The number of carbonyl (C=O) groups is 1. The third-order valence-electron chi connectivity index (χ3n) is 4.19. The Balaban J connectivity index is 1.59. The fourth-order valence-corrected chi connectivity index (χ4v) is 3.82. The molecule has 0 radical (unpaired) electrons. The van der Waals surface area contributed by atoms with Crippen LogP contribution in [0.5, 0.6) is 0 Å². The lowest BCUT2D eigenvalue weighted by molar-refractivity contribution is -0.385. The summed E-state index contributed by atoms with van der Waals surface area (Å²) in [6.45, 7) is 0. The molecule has 5 nitrogen and oxygen atoms in total. The molecule has 1 aliphatic heterocycles. The van der Waals surface area contributed by atoms with Crippen LogP contribution < -0.4 is 5.32 Å². The number of ketones is 1. The van der Waals surface area contributed by atoms with Crippen molar-refractivity contribution in [3.8, 4) is 0 Å². The maximum atomic E-state index is 12.5. The van der Waals surface area contributed by atoms with Gasteiger partial charge in [-0.3, -0.25) is 14.9 Å². The van der Waals surface area contributed by atoms with E-state index >= 15 is 0 Å². The molecule has 0 fully saturated rings. The quantitative estimate of drug-likeness (QED) is 0.215. The van der Waals surface area contributed by atoms with Gasteiger partial charge in [-0.2, -0.15) is 0 Å². The third kappa shape index (κ3) is 3.47. The van der Waals surface area contributed by atoms with Crippen LogP contribution in [0.2, 0.25) is 0 Å². The number of nitro groups is 1. The second-order valence-corrected chi connectivity index (χ2v) is 7.03. The number of rotatable bonds is 4. The van der Waals surface area contributed by atoms with Gasteiger partial charge in [-0.25, -0.2) is 0 Å². The summed E-state index contributed by atoms with van der Waals surface area (Å²) in [4.78, 5) is 25.3. The van der Waals surface area contributed by atoms with Gasteiger partial charge in [-0.05, 0) is 48.6 Å². The molecule has 0 aliphatic carbocycles. The van der Waals surface area contributed by atoms with E-state index in [1.54, 1.807) is 36.0 Å². The molecule has 27 heavy (non-hydrogen) atoms. The minimum Gasteiger partial charge on any atom is -0.354 e. The van der Waals surface area contributed by atoms with Crippen LogP contribution in [0, 0.1) is 10.1 Å². The molecule has 0 saturated carbocycles. The molecule has 0 spiro atoms. The van der Waals surface area contributed by atoms with E-state index in [0.29, 0.717) is 11.1 Å². The molecule has 0 saturated heterocycles. The van der Waals surface area contributed by atoms with E-state index in [9.17, 15) is 14.9 Å². The van der Waals surface area contributed by atoms with Crippen molar-refractivity contribution in [2.75, 3.05) is 5.32 Å². The monoisotopic (exact) mass is 374 g/mol. The highest BCUT2D eigenvalue weighted by Crippen LogP contribution is 2.44. The molecule has 6 heteroatoms. The fourth-order valence-electron chi connectivity index (χ4n) is 2.85. The van der Waals surface area contributed by atoms with Gasteiger partial charge in [-0.15, -0.1) is 0 Å². The summed E-state index contributed by atoms with van der Waals surface area (Å²) in [6, 6.07) is 19.8. The summed E-state index contributed by atoms with van der Waals surface area (Å²) in [6.07, 6.45) is 2.85. The summed E-state index contributed by atoms with van der Waals surface area (Å²) in [5.41, 5.74) is 2.79. The molecule has 1 heterocycles. The van der Waals surface area contributed by atoms with E-state index in [-0.39, 0.29) is 11.5 Å². The average molecular weight is 374 g/mol. The van der Waals surface area contributed by atoms with Crippen molar-refractivity contribution in [3.63, 3.8) is 0 Å². The molecular formula is C21H14N2O3S. The number of nitrogens with zero attached hydrogens (tertiary/aromatic N) is 1. The molecule has 1 N–H and O–H groups in total. The minimum atomic E-state index is -0.457. The van der Waals surface area contributed by atoms with Gasteiger partial charge in [0.2, 0.25) is 0 Å². The van der Waals surface area contributed by atoms with Gasteiger partial charge in [0.25, 0.3) is 5.69 Å². The number of nitro benzene ring substituents is 1. The lowest BCUT2D eigenvalue weighted by atomic mass is 10.1. The number of anilines is 2. The van der Waals surface area contributed by atoms with E-state index in [2.05, 4.69) is 5.32 Å². The summed E-state index contributed by atoms with van der Waals surface area (Å²) in [7, 11) is 0. The largest absolute Gasteiger partial charge is 0.354 e. The van der Waals surface area contributed by atoms with Crippen molar-refractivity contribution in [3.05, 3.63) is 94.0 Å². The van der Waals surface area contributed by atoms with Gasteiger partial charge in [-0.1, -0.05) is 36.0 Å². The van der Waals surface area contributed by atoms with Crippen LogP contribution in [0.15, 0.2) is 82.6 Å². The first-order valence-corrected chi connectivity index (χ1v) is 9.07. The Morgan fingerprint density at radius 2 is 1.70 bits per heavy atom. The van der Waals surface area contributed by atoms with E-state index in [1.807, 2.05) is 36.4 Å². The Morgan fingerprint density at radius 3 is 2.56 bits per heavy atom. The molecule has 0 aromatic heterocycles. The van der Waals surface area contributed by atoms with Gasteiger partial charge >= 0.3 is 0 Å². The number of carbonyl (C=O) groups excluding carboxylic acids is 1. The number of nitrogens with one attached hydrogen (secondary N) is 1. The first-order valence-electron chi connectivity index (χ1n) is 8.25. The molecule has 0 amide bonds. The smallest absolute Gasteiger partial charge is 0.276 e. The number of fused-ring (bicyclic) bond motifs is 2. The van der Waals surface area contributed by atoms with Crippen molar-refractivity contribution >= 4 is 40.7 Å². The van der Waals surface area contributed by atoms with Crippen molar-refractivity contribution in [2.24, 2.45) is 0 Å². The highest BCUT2D eigenvalue weighted by atomic mass is 32.2. The minimum absolute atomic E-state index is 0.0262. The Kier molecular flexibility index (Phi) is 4.48. The molecule has 3 aromatic rings. The zero-order chi connectivity index (χ0) is 18.8. The number of hydrogen-bond donors (Lipinski definition) is 1. The Bertz CT molecular complexity index is 1090.